The van der Waals surface area contributed by atoms with E-state index in [1.807, 2.05) is 26.1 Å². The zero-order valence-corrected chi connectivity index (χ0v) is 16.9. The van der Waals surface area contributed by atoms with Gasteiger partial charge in [0, 0.05) is 50.7 Å². The molecule has 6 heteroatoms. The number of aryl methyl sites for hydroxylation is 1. The zero-order chi connectivity index (χ0) is 19.1. The molecule has 0 spiro atoms. The SMILES string of the molecule is Cc1cc(CN(C)C(=O)NCC2(N3CCOCC3)CCCCCC2)ccn1. The first kappa shape index (κ1) is 20.1. The molecule has 6 nitrogen and oxygen atoms in total. The molecule has 0 aromatic carbocycles. The van der Waals surface area contributed by atoms with E-state index in [2.05, 4.69) is 15.2 Å². The molecule has 2 aliphatic rings. The molecule has 2 fully saturated rings. The lowest BCUT2D eigenvalue weighted by molar-refractivity contribution is -0.0279. The van der Waals surface area contributed by atoms with Gasteiger partial charge in [-0.3, -0.25) is 9.88 Å². The number of carbonyl (C=O) groups excluding carboxylic acids is 1. The van der Waals surface area contributed by atoms with Gasteiger partial charge in [-0.05, 0) is 37.5 Å². The highest BCUT2D eigenvalue weighted by Crippen LogP contribution is 2.33. The fourth-order valence-electron chi connectivity index (χ4n) is 4.45. The van der Waals surface area contributed by atoms with Gasteiger partial charge in [0.25, 0.3) is 0 Å². The van der Waals surface area contributed by atoms with Crippen molar-refractivity contribution >= 4 is 6.03 Å². The Bertz CT molecular complexity index is 608. The maximum Gasteiger partial charge on any atom is 0.317 e. The number of amides is 2. The maximum absolute atomic E-state index is 12.7. The van der Waals surface area contributed by atoms with Gasteiger partial charge in [0.05, 0.1) is 13.2 Å². The van der Waals surface area contributed by atoms with Crippen LogP contribution in [0.25, 0.3) is 0 Å². The lowest BCUT2D eigenvalue weighted by Crippen LogP contribution is -2.59. The summed E-state index contributed by atoms with van der Waals surface area (Å²) in [6.07, 6.45) is 9.25. The second-order valence-electron chi connectivity index (χ2n) is 8.06. The summed E-state index contributed by atoms with van der Waals surface area (Å²) in [6, 6.07) is 4.00. The van der Waals surface area contributed by atoms with E-state index >= 15 is 0 Å². The Morgan fingerprint density at radius 3 is 2.63 bits per heavy atom. The first-order chi connectivity index (χ1) is 13.1. The van der Waals surface area contributed by atoms with Crippen molar-refractivity contribution in [1.29, 1.82) is 0 Å². The molecule has 1 aliphatic carbocycles. The minimum atomic E-state index is 0.00125. The Morgan fingerprint density at radius 1 is 1.26 bits per heavy atom. The van der Waals surface area contributed by atoms with Crippen molar-refractivity contribution in [2.75, 3.05) is 39.9 Å². The fourth-order valence-corrected chi connectivity index (χ4v) is 4.45. The first-order valence-corrected chi connectivity index (χ1v) is 10.3. The number of nitrogens with one attached hydrogen (secondary N) is 1. The summed E-state index contributed by atoms with van der Waals surface area (Å²) in [4.78, 5) is 21.3. The van der Waals surface area contributed by atoms with Gasteiger partial charge in [-0.25, -0.2) is 4.79 Å². The van der Waals surface area contributed by atoms with Crippen molar-refractivity contribution in [1.82, 2.24) is 20.1 Å². The van der Waals surface area contributed by atoms with Crippen LogP contribution in [0.2, 0.25) is 0 Å². The van der Waals surface area contributed by atoms with Crippen LogP contribution in [-0.2, 0) is 11.3 Å². The van der Waals surface area contributed by atoms with Gasteiger partial charge in [0.1, 0.15) is 0 Å². The molecule has 2 heterocycles. The lowest BCUT2D eigenvalue weighted by atomic mass is 9.87. The van der Waals surface area contributed by atoms with Gasteiger partial charge < -0.3 is 15.0 Å². The summed E-state index contributed by atoms with van der Waals surface area (Å²) in [5.41, 5.74) is 2.17. The van der Waals surface area contributed by atoms with Crippen LogP contribution in [0, 0.1) is 6.92 Å². The topological polar surface area (TPSA) is 57.7 Å². The Morgan fingerprint density at radius 2 is 1.96 bits per heavy atom. The smallest absolute Gasteiger partial charge is 0.317 e. The average Bonchev–Trinajstić information content (AvgIpc) is 2.93. The van der Waals surface area contributed by atoms with Crippen molar-refractivity contribution in [2.45, 2.75) is 57.5 Å². The number of ether oxygens (including phenoxy) is 1. The van der Waals surface area contributed by atoms with Gasteiger partial charge >= 0.3 is 6.03 Å². The predicted molar refractivity (Wildman–Crippen MR) is 107 cm³/mol. The normalized spacial score (nSPS) is 20.7. The van der Waals surface area contributed by atoms with E-state index < -0.39 is 0 Å². The largest absolute Gasteiger partial charge is 0.379 e. The summed E-state index contributed by atoms with van der Waals surface area (Å²) >= 11 is 0. The van der Waals surface area contributed by atoms with Crippen molar-refractivity contribution < 1.29 is 9.53 Å². The Balaban J connectivity index is 1.60. The van der Waals surface area contributed by atoms with Crippen LogP contribution >= 0.6 is 0 Å². The van der Waals surface area contributed by atoms with Crippen LogP contribution in [0.5, 0.6) is 0 Å². The van der Waals surface area contributed by atoms with E-state index in [9.17, 15) is 4.79 Å². The van der Waals surface area contributed by atoms with Crippen LogP contribution in [-0.4, -0.2) is 66.2 Å². The average molecular weight is 375 g/mol. The molecular weight excluding hydrogens is 340 g/mol. The molecule has 0 atom stereocenters. The second-order valence-corrected chi connectivity index (χ2v) is 8.06. The molecule has 150 valence electrons. The number of morpholine rings is 1. The van der Waals surface area contributed by atoms with E-state index in [-0.39, 0.29) is 11.6 Å². The molecule has 2 amide bonds. The highest BCUT2D eigenvalue weighted by Gasteiger charge is 2.38. The Kier molecular flexibility index (Phi) is 7.07. The number of nitrogens with zero attached hydrogens (tertiary/aromatic N) is 3. The first-order valence-electron chi connectivity index (χ1n) is 10.3. The van der Waals surface area contributed by atoms with Gasteiger partial charge in [0.2, 0.25) is 0 Å². The standard InChI is InChI=1S/C21H34N4O2/c1-18-15-19(7-10-22-18)16-24(2)20(26)23-17-21(8-5-3-4-6-9-21)25-11-13-27-14-12-25/h7,10,15H,3-6,8-9,11-14,16-17H2,1-2H3,(H,23,26). The molecule has 3 rings (SSSR count). The van der Waals surface area contributed by atoms with Gasteiger partial charge in [-0.15, -0.1) is 0 Å². The number of pyridine rings is 1. The third-order valence-corrected chi connectivity index (χ3v) is 6.01. The number of hydrogen-bond donors (Lipinski definition) is 1. The number of carbonyl (C=O) groups is 1. The molecule has 0 bridgehead atoms. The van der Waals surface area contributed by atoms with Gasteiger partial charge in [-0.1, -0.05) is 25.7 Å². The quantitative estimate of drug-likeness (QED) is 0.805. The number of rotatable bonds is 5. The summed E-state index contributed by atoms with van der Waals surface area (Å²) < 4.78 is 5.56. The van der Waals surface area contributed by atoms with Crippen LogP contribution < -0.4 is 5.32 Å². The van der Waals surface area contributed by atoms with Crippen LogP contribution in [0.4, 0.5) is 4.79 Å². The molecule has 1 saturated carbocycles. The van der Waals surface area contributed by atoms with Crippen LogP contribution in [0.3, 0.4) is 0 Å². The third-order valence-electron chi connectivity index (χ3n) is 6.01. The number of urea groups is 1. The molecule has 0 unspecified atom stereocenters. The van der Waals surface area contributed by atoms with E-state index in [1.165, 1.54) is 38.5 Å². The van der Waals surface area contributed by atoms with E-state index in [0.29, 0.717) is 6.54 Å². The lowest BCUT2D eigenvalue weighted by Gasteiger charge is -2.46. The van der Waals surface area contributed by atoms with Crippen molar-refractivity contribution in [3.8, 4) is 0 Å². The minimum Gasteiger partial charge on any atom is -0.379 e. The Hall–Kier alpha value is -1.66. The van der Waals surface area contributed by atoms with Gasteiger partial charge in [0.15, 0.2) is 0 Å². The molecule has 1 aromatic heterocycles. The highest BCUT2D eigenvalue weighted by molar-refractivity contribution is 5.74. The van der Waals surface area contributed by atoms with Crippen LogP contribution in [0.1, 0.15) is 49.8 Å². The Labute approximate surface area is 163 Å². The monoisotopic (exact) mass is 374 g/mol. The zero-order valence-electron chi connectivity index (χ0n) is 16.9. The summed E-state index contributed by atoms with van der Waals surface area (Å²) in [7, 11) is 1.86. The molecule has 1 aromatic rings. The number of aromatic nitrogens is 1. The highest BCUT2D eigenvalue weighted by atomic mass is 16.5. The van der Waals surface area contributed by atoms with Crippen LogP contribution in [0.15, 0.2) is 18.3 Å². The van der Waals surface area contributed by atoms with Gasteiger partial charge in [-0.2, -0.15) is 0 Å². The number of hydrogen-bond acceptors (Lipinski definition) is 4. The van der Waals surface area contributed by atoms with E-state index in [4.69, 9.17) is 4.74 Å². The summed E-state index contributed by atoms with van der Waals surface area (Å²) in [6.45, 7) is 6.85. The van der Waals surface area contributed by atoms with E-state index in [0.717, 1.165) is 44.1 Å². The second kappa shape index (κ2) is 9.51. The third kappa shape index (κ3) is 5.42. The van der Waals surface area contributed by atoms with Crippen molar-refractivity contribution in [3.63, 3.8) is 0 Å². The minimum absolute atomic E-state index is 0.00125. The van der Waals surface area contributed by atoms with Crippen molar-refractivity contribution in [2.24, 2.45) is 0 Å². The van der Waals surface area contributed by atoms with Crippen molar-refractivity contribution in [3.05, 3.63) is 29.6 Å². The molecule has 0 radical (unpaired) electrons. The summed E-state index contributed by atoms with van der Waals surface area (Å²) in [5, 5.41) is 3.24. The molecule has 1 saturated heterocycles. The molecule has 1 aliphatic heterocycles. The fraction of sp³-hybridized carbons (Fsp3) is 0.714. The summed E-state index contributed by atoms with van der Waals surface area (Å²) in [5.74, 6) is 0. The van der Waals surface area contributed by atoms with E-state index in [1.54, 1.807) is 11.1 Å². The molecular formula is C21H34N4O2. The molecule has 27 heavy (non-hydrogen) atoms. The maximum atomic E-state index is 12.7. The predicted octanol–water partition coefficient (Wildman–Crippen LogP) is 2.96. The molecule has 1 N–H and O–H groups in total.